The molecule has 2 saturated heterocycles. The van der Waals surface area contributed by atoms with Crippen molar-refractivity contribution in [2.75, 3.05) is 34.5 Å². The minimum Gasteiger partial charge on any atom is -0.456 e. The lowest BCUT2D eigenvalue weighted by atomic mass is 9.82. The number of carbonyl (C=O) groups excluding carboxylic acids is 4. The molecule has 1 amide bonds. The summed E-state index contributed by atoms with van der Waals surface area (Å²) in [6.45, 7) is 12.0. The average Bonchev–Trinajstić information content (AvgIpc) is 3.30. The van der Waals surface area contributed by atoms with Gasteiger partial charge in [0.1, 0.15) is 30.1 Å². The maximum absolute atomic E-state index is 14.5. The molecule has 14 atom stereocenters. The molecule has 1 aromatic carbocycles. The third-order valence-corrected chi connectivity index (χ3v) is 14.4. The summed E-state index contributed by atoms with van der Waals surface area (Å²) >= 11 is 0. The third-order valence-electron chi connectivity index (χ3n) is 14.4. The molecule has 0 radical (unpaired) electrons. The SMILES string of the molecule is CCC1C=C(C)CC(C)CC(OC)C2OC(O)(C(=O)C(=O)N3CCCCC3C(=O)OC(C(C)=CC3CCC(OCC(O)c4ccccc4)C(OC)C3)C(C)CCC1=O)C(C)CC2OC. The molecule has 0 aromatic heterocycles. The molecule has 1 aliphatic carbocycles. The Labute approximate surface area is 381 Å². The van der Waals surface area contributed by atoms with Crippen molar-refractivity contribution in [3.8, 4) is 0 Å². The summed E-state index contributed by atoms with van der Waals surface area (Å²) in [4.78, 5) is 58.3. The number of benzene rings is 1. The van der Waals surface area contributed by atoms with Crippen molar-refractivity contribution in [2.45, 2.75) is 173 Å². The van der Waals surface area contributed by atoms with E-state index in [0.29, 0.717) is 57.8 Å². The lowest BCUT2D eigenvalue weighted by molar-refractivity contribution is -0.302. The summed E-state index contributed by atoms with van der Waals surface area (Å²) in [6.07, 6.45) is 6.83. The fraction of sp³-hybridized carbons (Fsp3) is 0.725. The number of carbonyl (C=O) groups is 4. The maximum Gasteiger partial charge on any atom is 0.329 e. The van der Waals surface area contributed by atoms with Gasteiger partial charge in [-0.15, -0.1) is 0 Å². The molecule has 64 heavy (non-hydrogen) atoms. The van der Waals surface area contributed by atoms with E-state index in [1.165, 1.54) is 4.90 Å². The molecule has 14 unspecified atom stereocenters. The number of ketones is 2. The summed E-state index contributed by atoms with van der Waals surface area (Å²) in [7, 11) is 4.77. The molecule has 0 spiro atoms. The molecular formula is C51H77NO12. The molecular weight excluding hydrogens is 819 g/mol. The van der Waals surface area contributed by atoms with Crippen LogP contribution in [-0.2, 0) is 47.6 Å². The average molecular weight is 896 g/mol. The maximum atomic E-state index is 14.5. The Kier molecular flexibility index (Phi) is 19.3. The number of piperidine rings is 1. The zero-order valence-corrected chi connectivity index (χ0v) is 39.9. The molecule has 2 bridgehead atoms. The van der Waals surface area contributed by atoms with Crippen LogP contribution in [0.3, 0.4) is 0 Å². The fourth-order valence-corrected chi connectivity index (χ4v) is 10.6. The predicted molar refractivity (Wildman–Crippen MR) is 242 cm³/mol. The Hall–Kier alpha value is -3.30. The second-order valence-electron chi connectivity index (χ2n) is 19.3. The number of rotatable bonds is 10. The zero-order chi connectivity index (χ0) is 46.7. The van der Waals surface area contributed by atoms with Crippen LogP contribution < -0.4 is 0 Å². The predicted octanol–water partition coefficient (Wildman–Crippen LogP) is 7.26. The van der Waals surface area contributed by atoms with E-state index in [-0.39, 0.29) is 67.7 Å². The first kappa shape index (κ1) is 51.7. The van der Waals surface area contributed by atoms with Crippen molar-refractivity contribution >= 4 is 23.4 Å². The van der Waals surface area contributed by atoms with Gasteiger partial charge in [-0.2, -0.15) is 0 Å². The number of esters is 1. The van der Waals surface area contributed by atoms with E-state index in [4.69, 9.17) is 28.4 Å². The first-order valence-corrected chi connectivity index (χ1v) is 23.8. The zero-order valence-electron chi connectivity index (χ0n) is 39.9. The van der Waals surface area contributed by atoms with Gasteiger partial charge in [0.25, 0.3) is 11.7 Å². The number of aliphatic hydroxyl groups excluding tert-OH is 1. The molecule has 5 rings (SSSR count). The number of aliphatic hydroxyl groups is 2. The van der Waals surface area contributed by atoms with Gasteiger partial charge in [0.15, 0.2) is 0 Å². The van der Waals surface area contributed by atoms with Gasteiger partial charge >= 0.3 is 5.97 Å². The van der Waals surface area contributed by atoms with Crippen molar-refractivity contribution in [1.82, 2.24) is 4.90 Å². The van der Waals surface area contributed by atoms with Crippen LogP contribution >= 0.6 is 0 Å². The van der Waals surface area contributed by atoms with Gasteiger partial charge in [-0.05, 0) is 113 Å². The molecule has 3 fully saturated rings. The highest BCUT2D eigenvalue weighted by Gasteiger charge is 2.56. The van der Waals surface area contributed by atoms with Crippen molar-refractivity contribution in [3.05, 3.63) is 59.2 Å². The summed E-state index contributed by atoms with van der Waals surface area (Å²) in [5.74, 6) is -6.29. The van der Waals surface area contributed by atoms with Crippen molar-refractivity contribution in [1.29, 1.82) is 0 Å². The van der Waals surface area contributed by atoms with Gasteiger partial charge in [-0.3, -0.25) is 14.4 Å². The van der Waals surface area contributed by atoms with E-state index in [9.17, 15) is 29.4 Å². The minimum atomic E-state index is -2.48. The lowest BCUT2D eigenvalue weighted by Gasteiger charge is -2.47. The Bertz CT molecular complexity index is 1770. The number of methoxy groups -OCH3 is 3. The van der Waals surface area contributed by atoms with Gasteiger partial charge in [0.2, 0.25) is 5.79 Å². The number of hydrogen-bond donors (Lipinski definition) is 2. The van der Waals surface area contributed by atoms with Gasteiger partial charge in [-0.25, -0.2) is 4.79 Å². The van der Waals surface area contributed by atoms with Gasteiger partial charge in [0, 0.05) is 46.1 Å². The van der Waals surface area contributed by atoms with Gasteiger partial charge in [0.05, 0.1) is 31.0 Å². The highest BCUT2D eigenvalue weighted by Crippen LogP contribution is 2.39. The number of allylic oxidation sites excluding steroid dienone is 3. The lowest BCUT2D eigenvalue weighted by Crippen LogP contribution is -2.64. The molecule has 358 valence electrons. The van der Waals surface area contributed by atoms with Crippen LogP contribution in [0.15, 0.2) is 53.6 Å². The van der Waals surface area contributed by atoms with E-state index in [0.717, 1.165) is 23.1 Å². The number of hydrogen-bond acceptors (Lipinski definition) is 12. The largest absolute Gasteiger partial charge is 0.456 e. The molecule has 4 aliphatic rings. The molecule has 2 N–H and O–H groups in total. The van der Waals surface area contributed by atoms with Gasteiger partial charge < -0.3 is 43.5 Å². The number of amides is 1. The Balaban J connectivity index is 1.43. The number of Topliss-reactive ketones (excluding diaryl/α,β-unsaturated/α-hetero) is 2. The second kappa shape index (κ2) is 23.9. The molecule has 13 heteroatoms. The monoisotopic (exact) mass is 896 g/mol. The number of nitrogens with zero attached hydrogens (tertiary/aromatic N) is 1. The molecule has 1 saturated carbocycles. The highest BCUT2D eigenvalue weighted by atomic mass is 16.7. The number of ether oxygens (including phenoxy) is 6. The third kappa shape index (κ3) is 12.8. The molecule has 1 aromatic rings. The quantitative estimate of drug-likeness (QED) is 0.137. The van der Waals surface area contributed by atoms with Crippen molar-refractivity contribution in [3.63, 3.8) is 0 Å². The normalized spacial score (nSPS) is 36.3. The van der Waals surface area contributed by atoms with E-state index in [1.54, 1.807) is 28.3 Å². The fourth-order valence-electron chi connectivity index (χ4n) is 10.6. The summed E-state index contributed by atoms with van der Waals surface area (Å²) in [6, 6.07) is 8.36. The van der Waals surface area contributed by atoms with Crippen LogP contribution in [0.2, 0.25) is 0 Å². The van der Waals surface area contributed by atoms with E-state index in [1.807, 2.05) is 58.0 Å². The van der Waals surface area contributed by atoms with Crippen LogP contribution in [0.5, 0.6) is 0 Å². The first-order valence-electron chi connectivity index (χ1n) is 23.8. The van der Waals surface area contributed by atoms with Crippen LogP contribution in [0, 0.1) is 29.6 Å². The molecule has 3 aliphatic heterocycles. The molecule has 3 heterocycles. The van der Waals surface area contributed by atoms with Crippen LogP contribution in [-0.4, -0.2) is 121 Å². The van der Waals surface area contributed by atoms with E-state index < -0.39 is 65.9 Å². The van der Waals surface area contributed by atoms with Crippen LogP contribution in [0.25, 0.3) is 0 Å². The summed E-state index contributed by atoms with van der Waals surface area (Å²) < 4.78 is 36.7. The smallest absolute Gasteiger partial charge is 0.329 e. The van der Waals surface area contributed by atoms with E-state index in [2.05, 4.69) is 19.1 Å². The van der Waals surface area contributed by atoms with Crippen LogP contribution in [0.1, 0.15) is 130 Å². The highest BCUT2D eigenvalue weighted by molar-refractivity contribution is 6.39. The first-order chi connectivity index (χ1) is 30.5. The Morgan fingerprint density at radius 1 is 0.906 bits per heavy atom. The topological polar surface area (TPSA) is 167 Å². The van der Waals surface area contributed by atoms with E-state index >= 15 is 0 Å². The Morgan fingerprint density at radius 3 is 2.27 bits per heavy atom. The summed E-state index contributed by atoms with van der Waals surface area (Å²) in [5.41, 5.74) is 2.69. The van der Waals surface area contributed by atoms with Crippen molar-refractivity contribution < 1.29 is 57.8 Å². The second-order valence-corrected chi connectivity index (χ2v) is 19.3. The number of fused-ring (bicyclic) bond motifs is 3. The number of cyclic esters (lactones) is 1. The van der Waals surface area contributed by atoms with Crippen LogP contribution in [0.4, 0.5) is 0 Å². The minimum absolute atomic E-state index is 0.0735. The Morgan fingerprint density at radius 2 is 1.59 bits per heavy atom. The summed E-state index contributed by atoms with van der Waals surface area (Å²) in [5, 5.41) is 22.9. The van der Waals surface area contributed by atoms with Gasteiger partial charge in [-0.1, -0.05) is 75.8 Å². The van der Waals surface area contributed by atoms with Crippen molar-refractivity contribution in [2.24, 2.45) is 29.6 Å². The molecule has 13 nitrogen and oxygen atoms in total. The standard InChI is InChI=1S/C51H77NO12/c1-10-37-25-31(2)24-32(3)26-44(60-8)47-45(61-9)28-35(6)51(58,64-47)48(55)49(56)52-23-15-14-18-39(52)50(57)63-46(33(4)19-21-40(37)53)34(5)27-36-20-22-42(43(29-36)59-7)62-30-41(54)38-16-12-11-13-17-38/h11-13,16-17,25,27,32-33,35-37,39,41-47,54,58H,10,14-15,18-24,26,28-30H2,1-9H3.